The molecule has 27 heavy (non-hydrogen) atoms. The highest BCUT2D eigenvalue weighted by atomic mass is 79.9. The number of benzene rings is 2. The van der Waals surface area contributed by atoms with E-state index in [1.807, 2.05) is 36.4 Å². The molecule has 0 radical (unpaired) electrons. The van der Waals surface area contributed by atoms with E-state index in [0.29, 0.717) is 11.6 Å². The van der Waals surface area contributed by atoms with Crippen LogP contribution < -0.4 is 5.43 Å². The van der Waals surface area contributed by atoms with Crippen LogP contribution in [0.3, 0.4) is 0 Å². The Morgan fingerprint density at radius 1 is 1.22 bits per heavy atom. The predicted molar refractivity (Wildman–Crippen MR) is 112 cm³/mol. The van der Waals surface area contributed by atoms with Gasteiger partial charge in [-0.1, -0.05) is 66.2 Å². The van der Waals surface area contributed by atoms with Crippen LogP contribution in [0, 0.1) is 5.92 Å². The van der Waals surface area contributed by atoms with Crippen molar-refractivity contribution in [3.8, 4) is 11.3 Å². The topological polar surface area (TPSA) is 70.1 Å². The van der Waals surface area contributed by atoms with E-state index in [1.54, 1.807) is 12.3 Å². The Kier molecular flexibility index (Phi) is 6.19. The van der Waals surface area contributed by atoms with Crippen LogP contribution in [0.15, 0.2) is 64.2 Å². The highest BCUT2D eigenvalue weighted by molar-refractivity contribution is 9.10. The summed E-state index contributed by atoms with van der Waals surface area (Å²) in [5.41, 5.74) is 6.75. The standard InChI is InChI=1S/C21H21BrN4O/c1-14(2)10-15-6-8-17(9-7-15)19-12-20(25-24-19)21(27)26-23-13-16-4-3-5-18(22)11-16/h3-9,11-14H,10H2,1-2H3,(H,24,25)(H,26,27)/b23-13-. The van der Waals surface area contributed by atoms with Crippen LogP contribution in [0.25, 0.3) is 11.3 Å². The molecule has 1 aromatic heterocycles. The summed E-state index contributed by atoms with van der Waals surface area (Å²) in [4.78, 5) is 12.2. The molecule has 0 spiro atoms. The van der Waals surface area contributed by atoms with Gasteiger partial charge >= 0.3 is 0 Å². The molecule has 3 aromatic rings. The number of hydrogen-bond acceptors (Lipinski definition) is 3. The second-order valence-corrected chi connectivity index (χ2v) is 7.63. The summed E-state index contributed by atoms with van der Waals surface area (Å²) in [7, 11) is 0. The fourth-order valence-corrected chi connectivity index (χ4v) is 3.10. The van der Waals surface area contributed by atoms with E-state index in [4.69, 9.17) is 0 Å². The van der Waals surface area contributed by atoms with Crippen LogP contribution >= 0.6 is 15.9 Å². The first-order valence-corrected chi connectivity index (χ1v) is 9.54. The van der Waals surface area contributed by atoms with Crippen molar-refractivity contribution < 1.29 is 4.79 Å². The van der Waals surface area contributed by atoms with Crippen LogP contribution in [0.1, 0.15) is 35.5 Å². The van der Waals surface area contributed by atoms with Crippen LogP contribution in [0.4, 0.5) is 0 Å². The van der Waals surface area contributed by atoms with Crippen LogP contribution in [-0.2, 0) is 6.42 Å². The van der Waals surface area contributed by atoms with E-state index in [1.165, 1.54) is 5.56 Å². The zero-order chi connectivity index (χ0) is 19.2. The van der Waals surface area contributed by atoms with Crippen molar-refractivity contribution in [2.75, 3.05) is 0 Å². The molecule has 0 saturated carbocycles. The third-order valence-corrected chi connectivity index (χ3v) is 4.44. The van der Waals surface area contributed by atoms with Crippen molar-refractivity contribution in [3.63, 3.8) is 0 Å². The van der Waals surface area contributed by atoms with Gasteiger partial charge in [0.05, 0.1) is 11.9 Å². The van der Waals surface area contributed by atoms with Gasteiger partial charge in [-0.3, -0.25) is 9.89 Å². The van der Waals surface area contributed by atoms with Crippen LogP contribution in [0.5, 0.6) is 0 Å². The zero-order valence-corrected chi connectivity index (χ0v) is 16.8. The minimum atomic E-state index is -0.337. The largest absolute Gasteiger partial charge is 0.289 e. The summed E-state index contributed by atoms with van der Waals surface area (Å²) in [6, 6.07) is 17.6. The van der Waals surface area contributed by atoms with Crippen molar-refractivity contribution in [3.05, 3.63) is 75.9 Å². The minimum Gasteiger partial charge on any atom is -0.272 e. The number of hydrogen-bond donors (Lipinski definition) is 2. The molecule has 0 aliphatic carbocycles. The van der Waals surface area contributed by atoms with Crippen molar-refractivity contribution in [2.24, 2.45) is 11.0 Å². The lowest BCUT2D eigenvalue weighted by atomic mass is 10.0. The van der Waals surface area contributed by atoms with Gasteiger partial charge in [0, 0.05) is 10.0 Å². The van der Waals surface area contributed by atoms with E-state index in [0.717, 1.165) is 27.7 Å². The maximum atomic E-state index is 12.2. The van der Waals surface area contributed by atoms with Crippen molar-refractivity contribution >= 4 is 28.1 Å². The summed E-state index contributed by atoms with van der Waals surface area (Å²) in [5.74, 6) is 0.283. The molecule has 0 atom stereocenters. The van der Waals surface area contributed by atoms with Gasteiger partial charge < -0.3 is 0 Å². The Balaban J connectivity index is 1.63. The summed E-state index contributed by atoms with van der Waals surface area (Å²) >= 11 is 3.40. The Morgan fingerprint density at radius 2 is 2.00 bits per heavy atom. The van der Waals surface area contributed by atoms with Crippen molar-refractivity contribution in [1.29, 1.82) is 0 Å². The summed E-state index contributed by atoms with van der Waals surface area (Å²) in [6.07, 6.45) is 2.64. The number of H-pyrrole nitrogens is 1. The smallest absolute Gasteiger partial charge is 0.272 e. The molecule has 3 rings (SSSR count). The molecular weight excluding hydrogens is 404 g/mol. The Hall–Kier alpha value is -2.73. The highest BCUT2D eigenvalue weighted by Crippen LogP contribution is 2.19. The number of carbonyl (C=O) groups is 1. The number of aromatic nitrogens is 2. The quantitative estimate of drug-likeness (QED) is 0.440. The first kappa shape index (κ1) is 19.0. The summed E-state index contributed by atoms with van der Waals surface area (Å²) < 4.78 is 0.954. The van der Waals surface area contributed by atoms with Gasteiger partial charge in [-0.25, -0.2) is 5.43 Å². The molecule has 0 aliphatic heterocycles. The maximum absolute atomic E-state index is 12.2. The molecule has 0 fully saturated rings. The van der Waals surface area contributed by atoms with Gasteiger partial charge in [-0.05, 0) is 41.7 Å². The van der Waals surface area contributed by atoms with E-state index in [-0.39, 0.29) is 5.91 Å². The molecule has 138 valence electrons. The number of amides is 1. The Bertz CT molecular complexity index is 945. The summed E-state index contributed by atoms with van der Waals surface area (Å²) in [6.45, 7) is 4.40. The normalized spacial score (nSPS) is 11.3. The average molecular weight is 425 g/mol. The molecule has 5 nitrogen and oxygen atoms in total. The fourth-order valence-electron chi connectivity index (χ4n) is 2.68. The average Bonchev–Trinajstić information content (AvgIpc) is 3.12. The number of rotatable bonds is 6. The first-order chi connectivity index (χ1) is 13.0. The minimum absolute atomic E-state index is 0.337. The van der Waals surface area contributed by atoms with Gasteiger partial charge in [-0.15, -0.1) is 0 Å². The molecule has 6 heteroatoms. The van der Waals surface area contributed by atoms with Crippen molar-refractivity contribution in [2.45, 2.75) is 20.3 Å². The molecular formula is C21H21BrN4O. The lowest BCUT2D eigenvalue weighted by Crippen LogP contribution is -2.17. The Morgan fingerprint density at radius 3 is 2.70 bits per heavy atom. The van der Waals surface area contributed by atoms with Crippen LogP contribution in [0.2, 0.25) is 0 Å². The molecule has 1 amide bonds. The summed E-state index contributed by atoms with van der Waals surface area (Å²) in [5, 5.41) is 11.0. The second kappa shape index (κ2) is 8.77. The third-order valence-electron chi connectivity index (χ3n) is 3.94. The van der Waals surface area contributed by atoms with Gasteiger partial charge in [0.2, 0.25) is 0 Å². The number of aromatic amines is 1. The van der Waals surface area contributed by atoms with Crippen molar-refractivity contribution in [1.82, 2.24) is 15.6 Å². The highest BCUT2D eigenvalue weighted by Gasteiger charge is 2.10. The number of halogens is 1. The van der Waals surface area contributed by atoms with Crippen LogP contribution in [-0.4, -0.2) is 22.3 Å². The lowest BCUT2D eigenvalue weighted by molar-refractivity contribution is 0.0950. The number of nitrogens with one attached hydrogen (secondary N) is 2. The van der Waals surface area contributed by atoms with Gasteiger partial charge in [0.15, 0.2) is 0 Å². The third kappa shape index (κ3) is 5.37. The van der Waals surface area contributed by atoms with Gasteiger partial charge in [-0.2, -0.15) is 10.2 Å². The number of nitrogens with zero attached hydrogens (tertiary/aromatic N) is 2. The molecule has 1 heterocycles. The predicted octanol–water partition coefficient (Wildman–Crippen LogP) is 4.80. The van der Waals surface area contributed by atoms with E-state index in [2.05, 4.69) is 62.6 Å². The molecule has 2 aromatic carbocycles. The number of carbonyl (C=O) groups excluding carboxylic acids is 1. The van der Waals surface area contributed by atoms with Gasteiger partial charge in [0.1, 0.15) is 5.69 Å². The fraction of sp³-hybridized carbons (Fsp3) is 0.190. The molecule has 0 aliphatic rings. The van der Waals surface area contributed by atoms with E-state index >= 15 is 0 Å². The SMILES string of the molecule is CC(C)Cc1ccc(-c2cc(C(=O)N/N=C\c3cccc(Br)c3)[nH]n2)cc1. The Labute approximate surface area is 167 Å². The second-order valence-electron chi connectivity index (χ2n) is 6.72. The molecule has 0 unspecified atom stereocenters. The molecule has 2 N–H and O–H groups in total. The molecule has 0 bridgehead atoms. The van der Waals surface area contributed by atoms with E-state index < -0.39 is 0 Å². The lowest BCUT2D eigenvalue weighted by Gasteiger charge is -2.05. The first-order valence-electron chi connectivity index (χ1n) is 8.75. The monoisotopic (exact) mass is 424 g/mol. The van der Waals surface area contributed by atoms with Gasteiger partial charge in [0.25, 0.3) is 5.91 Å². The maximum Gasteiger partial charge on any atom is 0.289 e. The zero-order valence-electron chi connectivity index (χ0n) is 15.2. The van der Waals surface area contributed by atoms with E-state index in [9.17, 15) is 4.79 Å². The molecule has 0 saturated heterocycles. The number of hydrazone groups is 1.